The van der Waals surface area contributed by atoms with Gasteiger partial charge < -0.3 is 9.47 Å². The molecule has 4 heteroatoms. The van der Waals surface area contributed by atoms with Gasteiger partial charge in [-0.05, 0) is 31.0 Å². The van der Waals surface area contributed by atoms with Crippen LogP contribution < -0.4 is 5.56 Å². The summed E-state index contributed by atoms with van der Waals surface area (Å²) in [6.07, 6.45) is 1.64. The van der Waals surface area contributed by atoms with Gasteiger partial charge in [0.1, 0.15) is 6.54 Å². The van der Waals surface area contributed by atoms with Crippen LogP contribution in [0.1, 0.15) is 18.1 Å². The van der Waals surface area contributed by atoms with Crippen molar-refractivity contribution in [1.29, 1.82) is 0 Å². The van der Waals surface area contributed by atoms with Crippen LogP contribution in [0.3, 0.4) is 0 Å². The SMILES string of the molecule is CCN(Cc1ccccc1C)C(=O)Cn1ccccc1=O. The normalized spacial score (nSPS) is 10.4. The number of aryl methyl sites for hydroxylation is 1. The van der Waals surface area contributed by atoms with Gasteiger partial charge in [-0.2, -0.15) is 0 Å². The van der Waals surface area contributed by atoms with Gasteiger partial charge in [0, 0.05) is 25.4 Å². The van der Waals surface area contributed by atoms with Crippen LogP contribution in [0.15, 0.2) is 53.5 Å². The summed E-state index contributed by atoms with van der Waals surface area (Å²) in [5.41, 5.74) is 2.14. The van der Waals surface area contributed by atoms with Crippen LogP contribution in [0.2, 0.25) is 0 Å². The average molecular weight is 284 g/mol. The molecule has 1 aromatic carbocycles. The highest BCUT2D eigenvalue weighted by Crippen LogP contribution is 2.10. The lowest BCUT2D eigenvalue weighted by molar-refractivity contribution is -0.132. The van der Waals surface area contributed by atoms with Crippen molar-refractivity contribution in [2.24, 2.45) is 0 Å². The van der Waals surface area contributed by atoms with Crippen molar-refractivity contribution in [2.75, 3.05) is 6.54 Å². The van der Waals surface area contributed by atoms with Crippen molar-refractivity contribution in [3.05, 3.63) is 70.1 Å². The second-order valence-corrected chi connectivity index (χ2v) is 5.00. The Kier molecular flexibility index (Phi) is 4.93. The number of rotatable bonds is 5. The van der Waals surface area contributed by atoms with Crippen LogP contribution in [-0.4, -0.2) is 21.9 Å². The Balaban J connectivity index is 2.11. The molecule has 0 saturated heterocycles. The van der Waals surface area contributed by atoms with Crippen LogP contribution in [0.25, 0.3) is 0 Å². The molecule has 0 atom stereocenters. The lowest BCUT2D eigenvalue weighted by atomic mass is 10.1. The highest BCUT2D eigenvalue weighted by Gasteiger charge is 2.13. The van der Waals surface area contributed by atoms with E-state index in [1.54, 1.807) is 23.2 Å². The van der Waals surface area contributed by atoms with E-state index in [1.165, 1.54) is 16.2 Å². The molecule has 4 nitrogen and oxygen atoms in total. The number of amides is 1. The molecule has 1 heterocycles. The van der Waals surface area contributed by atoms with Crippen molar-refractivity contribution in [3.8, 4) is 0 Å². The van der Waals surface area contributed by atoms with E-state index in [0.717, 1.165) is 5.56 Å². The third-order valence-corrected chi connectivity index (χ3v) is 3.56. The minimum absolute atomic E-state index is 0.0472. The zero-order chi connectivity index (χ0) is 15.2. The molecular weight excluding hydrogens is 264 g/mol. The number of pyridine rings is 1. The highest BCUT2D eigenvalue weighted by atomic mass is 16.2. The van der Waals surface area contributed by atoms with E-state index < -0.39 is 0 Å². The summed E-state index contributed by atoms with van der Waals surface area (Å²) in [5, 5.41) is 0. The second-order valence-electron chi connectivity index (χ2n) is 5.00. The molecule has 1 aromatic heterocycles. The summed E-state index contributed by atoms with van der Waals surface area (Å²) in [7, 11) is 0. The van der Waals surface area contributed by atoms with E-state index in [-0.39, 0.29) is 18.0 Å². The van der Waals surface area contributed by atoms with Gasteiger partial charge in [0.15, 0.2) is 0 Å². The molecule has 0 aliphatic heterocycles. The van der Waals surface area contributed by atoms with Gasteiger partial charge in [-0.25, -0.2) is 0 Å². The number of aromatic nitrogens is 1. The predicted octanol–water partition coefficient (Wildman–Crippen LogP) is 2.21. The molecule has 2 aromatic rings. The summed E-state index contributed by atoms with van der Waals surface area (Å²) < 4.78 is 1.43. The Morgan fingerprint density at radius 2 is 1.86 bits per heavy atom. The first kappa shape index (κ1) is 15.0. The topological polar surface area (TPSA) is 42.3 Å². The van der Waals surface area contributed by atoms with Crippen molar-refractivity contribution in [1.82, 2.24) is 9.47 Å². The Labute approximate surface area is 124 Å². The monoisotopic (exact) mass is 284 g/mol. The number of hydrogen-bond donors (Lipinski definition) is 0. The summed E-state index contributed by atoms with van der Waals surface area (Å²) in [5.74, 6) is -0.0472. The average Bonchev–Trinajstić information content (AvgIpc) is 2.48. The second kappa shape index (κ2) is 6.88. The van der Waals surface area contributed by atoms with Crippen LogP contribution in [-0.2, 0) is 17.9 Å². The van der Waals surface area contributed by atoms with Gasteiger partial charge >= 0.3 is 0 Å². The van der Waals surface area contributed by atoms with Crippen LogP contribution >= 0.6 is 0 Å². The number of nitrogens with zero attached hydrogens (tertiary/aromatic N) is 2. The zero-order valence-corrected chi connectivity index (χ0v) is 12.5. The van der Waals surface area contributed by atoms with Gasteiger partial charge in [-0.1, -0.05) is 30.3 Å². The summed E-state index contributed by atoms with van der Waals surface area (Å²) in [6, 6.07) is 12.9. The predicted molar refractivity (Wildman–Crippen MR) is 83.0 cm³/mol. The molecular formula is C17H20N2O2. The maximum atomic E-state index is 12.4. The minimum Gasteiger partial charge on any atom is -0.337 e. The number of carbonyl (C=O) groups excluding carboxylic acids is 1. The standard InChI is InChI=1S/C17H20N2O2/c1-3-18(12-15-9-5-4-8-14(15)2)17(21)13-19-11-7-6-10-16(19)20/h4-11H,3,12-13H2,1-2H3. The molecule has 2 rings (SSSR count). The Morgan fingerprint density at radius 1 is 1.14 bits per heavy atom. The van der Waals surface area contributed by atoms with E-state index >= 15 is 0 Å². The molecule has 21 heavy (non-hydrogen) atoms. The van der Waals surface area contributed by atoms with E-state index in [9.17, 15) is 9.59 Å². The molecule has 0 fully saturated rings. The van der Waals surface area contributed by atoms with Crippen molar-refractivity contribution in [3.63, 3.8) is 0 Å². The molecule has 0 radical (unpaired) electrons. The van der Waals surface area contributed by atoms with Gasteiger partial charge in [-0.15, -0.1) is 0 Å². The third kappa shape index (κ3) is 3.81. The highest BCUT2D eigenvalue weighted by molar-refractivity contribution is 5.76. The van der Waals surface area contributed by atoms with Gasteiger partial charge in [0.25, 0.3) is 5.56 Å². The molecule has 0 aliphatic rings. The fourth-order valence-electron chi connectivity index (χ4n) is 2.21. The Morgan fingerprint density at radius 3 is 2.52 bits per heavy atom. The minimum atomic E-state index is -0.155. The summed E-state index contributed by atoms with van der Waals surface area (Å²) >= 11 is 0. The quantitative estimate of drug-likeness (QED) is 0.844. The van der Waals surface area contributed by atoms with Crippen molar-refractivity contribution in [2.45, 2.75) is 26.9 Å². The number of hydrogen-bond acceptors (Lipinski definition) is 2. The third-order valence-electron chi connectivity index (χ3n) is 3.56. The Bertz CT molecular complexity index is 676. The van der Waals surface area contributed by atoms with Gasteiger partial charge in [0.05, 0.1) is 0 Å². The van der Waals surface area contributed by atoms with Gasteiger partial charge in [0.2, 0.25) is 5.91 Å². The molecule has 110 valence electrons. The molecule has 0 saturated carbocycles. The molecule has 0 N–H and O–H groups in total. The zero-order valence-electron chi connectivity index (χ0n) is 12.5. The molecule has 1 amide bonds. The number of carbonyl (C=O) groups is 1. The lowest BCUT2D eigenvalue weighted by Crippen LogP contribution is -2.35. The van der Waals surface area contributed by atoms with Crippen LogP contribution in [0.5, 0.6) is 0 Å². The maximum Gasteiger partial charge on any atom is 0.250 e. The number of likely N-dealkylation sites (N-methyl/N-ethyl adjacent to an activating group) is 1. The molecule has 0 spiro atoms. The first-order valence-electron chi connectivity index (χ1n) is 7.09. The lowest BCUT2D eigenvalue weighted by Gasteiger charge is -2.22. The smallest absolute Gasteiger partial charge is 0.250 e. The first-order valence-corrected chi connectivity index (χ1v) is 7.09. The molecule has 0 bridgehead atoms. The maximum absolute atomic E-state index is 12.4. The fraction of sp³-hybridized carbons (Fsp3) is 0.294. The van der Waals surface area contributed by atoms with E-state index in [2.05, 4.69) is 0 Å². The van der Waals surface area contributed by atoms with Crippen LogP contribution in [0, 0.1) is 6.92 Å². The molecule has 0 unspecified atom stereocenters. The fourth-order valence-corrected chi connectivity index (χ4v) is 2.21. The van der Waals surface area contributed by atoms with Crippen LogP contribution in [0.4, 0.5) is 0 Å². The number of benzene rings is 1. The van der Waals surface area contributed by atoms with Crippen molar-refractivity contribution < 1.29 is 4.79 Å². The first-order chi connectivity index (χ1) is 10.1. The largest absolute Gasteiger partial charge is 0.337 e. The van der Waals surface area contributed by atoms with E-state index in [4.69, 9.17) is 0 Å². The Hall–Kier alpha value is -2.36. The summed E-state index contributed by atoms with van der Waals surface area (Å²) in [4.78, 5) is 25.8. The summed E-state index contributed by atoms with van der Waals surface area (Å²) in [6.45, 7) is 5.26. The van der Waals surface area contributed by atoms with E-state index in [0.29, 0.717) is 13.1 Å². The van der Waals surface area contributed by atoms with E-state index in [1.807, 2.05) is 38.1 Å². The van der Waals surface area contributed by atoms with Crippen molar-refractivity contribution >= 4 is 5.91 Å². The van der Waals surface area contributed by atoms with Gasteiger partial charge in [-0.3, -0.25) is 9.59 Å². The molecule has 0 aliphatic carbocycles.